The summed E-state index contributed by atoms with van der Waals surface area (Å²) in [5, 5.41) is 17.0. The van der Waals surface area contributed by atoms with Gasteiger partial charge in [-0.05, 0) is 32.1 Å². The molecule has 1 amide bonds. The van der Waals surface area contributed by atoms with E-state index in [2.05, 4.69) is 24.8 Å². The third-order valence-electron chi connectivity index (χ3n) is 4.89. The number of amides is 1. The molecule has 32 heavy (non-hydrogen) atoms. The Bertz CT molecular complexity index is 534. The first-order chi connectivity index (χ1) is 15.1. The van der Waals surface area contributed by atoms with Gasteiger partial charge >= 0.3 is 13.6 Å². The number of hydrogen-bond donors (Lipinski definition) is 5. The first kappa shape index (κ1) is 33.0. The minimum atomic E-state index is -4.33. The highest BCUT2D eigenvalue weighted by Crippen LogP contribution is 2.34. The van der Waals surface area contributed by atoms with Gasteiger partial charge in [-0.1, -0.05) is 83.3 Å². The number of carboxylic acids is 1. The SMILES string of the molecule is CCCCCCCCC=CCCCCCCCCCC(=O)O.NC(=O)C(O)CP(=O)(O)O. The second-order valence-electron chi connectivity index (χ2n) is 8.20. The zero-order chi connectivity index (χ0) is 24.7. The third-order valence-corrected chi connectivity index (χ3v) is 5.71. The Morgan fingerprint density at radius 3 is 1.56 bits per heavy atom. The molecule has 190 valence electrons. The lowest BCUT2D eigenvalue weighted by Gasteiger charge is -2.06. The van der Waals surface area contributed by atoms with Gasteiger partial charge in [0.2, 0.25) is 5.91 Å². The predicted octanol–water partition coefficient (Wildman–Crippen LogP) is 4.90. The number of carbonyl (C=O) groups excluding carboxylic acids is 1. The number of rotatable bonds is 20. The zero-order valence-electron chi connectivity index (χ0n) is 19.8. The van der Waals surface area contributed by atoms with Gasteiger partial charge in [0.05, 0.1) is 6.16 Å². The van der Waals surface area contributed by atoms with Crippen LogP contribution in [-0.2, 0) is 14.2 Å². The number of aliphatic hydroxyl groups is 1. The van der Waals surface area contributed by atoms with Gasteiger partial charge in [0.1, 0.15) is 6.10 Å². The van der Waals surface area contributed by atoms with Crippen LogP contribution in [0.1, 0.15) is 110 Å². The van der Waals surface area contributed by atoms with E-state index in [1.165, 1.54) is 83.5 Å². The molecule has 0 rings (SSSR count). The smallest absolute Gasteiger partial charge is 0.328 e. The molecule has 0 aliphatic heterocycles. The largest absolute Gasteiger partial charge is 0.481 e. The Kier molecular flexibility index (Phi) is 23.7. The maximum atomic E-state index is 10.4. The predicted molar refractivity (Wildman–Crippen MR) is 128 cm³/mol. The molecular formula is C23H46NO7P. The van der Waals surface area contributed by atoms with E-state index in [0.29, 0.717) is 6.42 Å². The van der Waals surface area contributed by atoms with Gasteiger partial charge in [-0.3, -0.25) is 14.2 Å². The van der Waals surface area contributed by atoms with Gasteiger partial charge in [0, 0.05) is 6.42 Å². The summed E-state index contributed by atoms with van der Waals surface area (Å²) in [6.07, 6.45) is 21.5. The summed E-state index contributed by atoms with van der Waals surface area (Å²) >= 11 is 0. The summed E-state index contributed by atoms with van der Waals surface area (Å²) in [5.41, 5.74) is 4.51. The van der Waals surface area contributed by atoms with E-state index in [-0.39, 0.29) is 0 Å². The van der Waals surface area contributed by atoms with E-state index in [0.717, 1.165) is 12.8 Å². The molecule has 0 radical (unpaired) electrons. The van der Waals surface area contributed by atoms with Crippen molar-refractivity contribution in [1.29, 1.82) is 0 Å². The summed E-state index contributed by atoms with van der Waals surface area (Å²) in [4.78, 5) is 36.7. The molecule has 0 aliphatic carbocycles. The Morgan fingerprint density at radius 1 is 0.812 bits per heavy atom. The number of primary amides is 1. The average Bonchev–Trinajstić information content (AvgIpc) is 2.69. The summed E-state index contributed by atoms with van der Waals surface area (Å²) in [7, 11) is -4.33. The van der Waals surface area contributed by atoms with Gasteiger partial charge in [-0.15, -0.1) is 0 Å². The van der Waals surface area contributed by atoms with E-state index in [9.17, 15) is 14.2 Å². The molecule has 6 N–H and O–H groups in total. The Morgan fingerprint density at radius 2 is 1.22 bits per heavy atom. The second-order valence-corrected chi connectivity index (χ2v) is 9.90. The van der Waals surface area contributed by atoms with Crippen molar-refractivity contribution in [3.8, 4) is 0 Å². The molecule has 9 heteroatoms. The standard InChI is InChI=1S/C20H38O2.C3H8NO5P/c1-2-3-4-5-6-7-8-9-10-11-12-13-14-15-16-17-18-19-20(21)22;4-3(6)2(5)1-10(7,8)9/h9-10H,2-8,11-19H2,1H3,(H,21,22);2,5H,1H2,(H2,4,6)(H2,7,8,9). The lowest BCUT2D eigenvalue weighted by molar-refractivity contribution is -0.137. The molecule has 0 saturated heterocycles. The van der Waals surface area contributed by atoms with Crippen molar-refractivity contribution < 1.29 is 34.2 Å². The molecule has 0 aromatic rings. The number of nitrogens with two attached hydrogens (primary N) is 1. The molecule has 0 bridgehead atoms. The van der Waals surface area contributed by atoms with Crippen molar-refractivity contribution >= 4 is 19.5 Å². The average molecular weight is 480 g/mol. The normalized spacial score (nSPS) is 12.4. The molecule has 0 saturated carbocycles. The molecule has 1 atom stereocenters. The fourth-order valence-corrected chi connectivity index (χ4v) is 3.65. The van der Waals surface area contributed by atoms with Gasteiger partial charge in [0.25, 0.3) is 0 Å². The van der Waals surface area contributed by atoms with Gasteiger partial charge < -0.3 is 25.7 Å². The molecule has 0 spiro atoms. The van der Waals surface area contributed by atoms with Crippen LogP contribution in [0.2, 0.25) is 0 Å². The van der Waals surface area contributed by atoms with Crippen LogP contribution in [0.4, 0.5) is 0 Å². The van der Waals surface area contributed by atoms with Crippen LogP contribution < -0.4 is 5.73 Å². The highest BCUT2D eigenvalue weighted by molar-refractivity contribution is 7.51. The molecule has 0 heterocycles. The summed E-state index contributed by atoms with van der Waals surface area (Å²) in [5.74, 6) is -1.80. The number of unbranched alkanes of at least 4 members (excludes halogenated alkanes) is 13. The summed E-state index contributed by atoms with van der Waals surface area (Å²) in [6.45, 7) is 2.27. The van der Waals surface area contributed by atoms with E-state index in [1.54, 1.807) is 0 Å². The fraction of sp³-hybridized carbons (Fsp3) is 0.826. The quantitative estimate of drug-likeness (QED) is 0.0943. The Hall–Kier alpha value is -1.21. The van der Waals surface area contributed by atoms with E-state index >= 15 is 0 Å². The Labute approximate surface area is 193 Å². The highest BCUT2D eigenvalue weighted by atomic mass is 31.2. The van der Waals surface area contributed by atoms with Crippen LogP contribution in [-0.4, -0.2) is 44.1 Å². The summed E-state index contributed by atoms with van der Waals surface area (Å²) in [6, 6.07) is 0. The van der Waals surface area contributed by atoms with E-state index in [1.807, 2.05) is 0 Å². The maximum Gasteiger partial charge on any atom is 0.328 e. The van der Waals surface area contributed by atoms with E-state index in [4.69, 9.17) is 20.0 Å². The molecule has 1 unspecified atom stereocenters. The zero-order valence-corrected chi connectivity index (χ0v) is 20.7. The number of carbonyl (C=O) groups is 2. The molecule has 8 nitrogen and oxygen atoms in total. The van der Waals surface area contributed by atoms with Crippen molar-refractivity contribution in [2.75, 3.05) is 6.16 Å². The maximum absolute atomic E-state index is 10.4. The molecule has 0 aliphatic rings. The monoisotopic (exact) mass is 479 g/mol. The van der Waals surface area contributed by atoms with Crippen LogP contribution >= 0.6 is 7.60 Å². The number of hydrogen-bond acceptors (Lipinski definition) is 4. The van der Waals surface area contributed by atoms with Crippen LogP contribution in [0.3, 0.4) is 0 Å². The highest BCUT2D eigenvalue weighted by Gasteiger charge is 2.23. The first-order valence-corrected chi connectivity index (χ1v) is 13.8. The van der Waals surface area contributed by atoms with Gasteiger partial charge in [0.15, 0.2) is 0 Å². The minimum absolute atomic E-state index is 0.337. The van der Waals surface area contributed by atoms with Crippen molar-refractivity contribution in [3.63, 3.8) is 0 Å². The molecule has 0 aromatic heterocycles. The van der Waals surface area contributed by atoms with Crippen LogP contribution in [0, 0.1) is 0 Å². The number of aliphatic hydroxyl groups excluding tert-OH is 1. The second kappa shape index (κ2) is 23.0. The van der Waals surface area contributed by atoms with Crippen LogP contribution in [0.15, 0.2) is 12.2 Å². The lowest BCUT2D eigenvalue weighted by atomic mass is 10.1. The molecular weight excluding hydrogens is 433 g/mol. The van der Waals surface area contributed by atoms with E-state index < -0.39 is 31.7 Å². The lowest BCUT2D eigenvalue weighted by Crippen LogP contribution is -2.31. The number of allylic oxidation sites excluding steroid dienone is 2. The first-order valence-electron chi connectivity index (χ1n) is 12.0. The summed E-state index contributed by atoms with van der Waals surface area (Å²) < 4.78 is 10.1. The third kappa shape index (κ3) is 31.0. The van der Waals surface area contributed by atoms with Crippen molar-refractivity contribution in [2.45, 2.75) is 116 Å². The van der Waals surface area contributed by atoms with Crippen LogP contribution in [0.5, 0.6) is 0 Å². The molecule has 0 fully saturated rings. The topological polar surface area (TPSA) is 158 Å². The van der Waals surface area contributed by atoms with Crippen molar-refractivity contribution in [2.24, 2.45) is 5.73 Å². The van der Waals surface area contributed by atoms with Gasteiger partial charge in [-0.2, -0.15) is 0 Å². The number of aliphatic carboxylic acids is 1. The van der Waals surface area contributed by atoms with Crippen molar-refractivity contribution in [1.82, 2.24) is 0 Å². The Balaban J connectivity index is 0. The minimum Gasteiger partial charge on any atom is -0.481 e. The van der Waals surface area contributed by atoms with Crippen molar-refractivity contribution in [3.05, 3.63) is 12.2 Å². The van der Waals surface area contributed by atoms with Gasteiger partial charge in [-0.25, -0.2) is 0 Å². The molecule has 0 aromatic carbocycles. The number of carboxylic acid groups (broad SMARTS) is 1. The van der Waals surface area contributed by atoms with Crippen LogP contribution in [0.25, 0.3) is 0 Å². The fourth-order valence-electron chi connectivity index (χ4n) is 3.02.